The Morgan fingerprint density at radius 3 is 2.19 bits per heavy atom. The Labute approximate surface area is 195 Å². The van der Waals surface area contributed by atoms with E-state index in [1.54, 1.807) is 24.3 Å². The molecule has 0 bridgehead atoms. The quantitative estimate of drug-likeness (QED) is 0.306. The van der Waals surface area contributed by atoms with E-state index in [1.165, 1.54) is 51.6 Å². The van der Waals surface area contributed by atoms with Crippen LogP contribution in [0.1, 0.15) is 87.9 Å². The van der Waals surface area contributed by atoms with Gasteiger partial charge in [0, 0.05) is 30.3 Å². The zero-order valence-electron chi connectivity index (χ0n) is 20.0. The minimum Gasteiger partial charge on any atom is -0.378 e. The summed E-state index contributed by atoms with van der Waals surface area (Å²) in [6, 6.07) is 7.47. The van der Waals surface area contributed by atoms with E-state index in [2.05, 4.69) is 18.9 Å². The minimum absolute atomic E-state index is 0.0806. The first-order valence-electron chi connectivity index (χ1n) is 12.3. The molecule has 0 heterocycles. The Morgan fingerprint density at radius 1 is 0.935 bits per heavy atom. The lowest BCUT2D eigenvalue weighted by Gasteiger charge is -2.34. The molecule has 4 nitrogen and oxygen atoms in total. The standard InChI is InChI=1S/C26H43ClN2O2/c1-4-5-8-19-28(2)20-9-6-7-10-21-31-25-17-15-24(16-18-25)29(3)26(30)22-11-13-23(27)14-12-22/h11-14,24-25H,4-10,15-21H2,1-3H3/t24-,25-. The van der Waals surface area contributed by atoms with E-state index in [-0.39, 0.29) is 5.91 Å². The first-order chi connectivity index (χ1) is 15.0. The van der Waals surface area contributed by atoms with Gasteiger partial charge in [-0.15, -0.1) is 0 Å². The van der Waals surface area contributed by atoms with Crippen LogP contribution >= 0.6 is 11.6 Å². The van der Waals surface area contributed by atoms with Crippen LogP contribution in [0, 0.1) is 0 Å². The van der Waals surface area contributed by atoms with E-state index in [0.29, 0.717) is 22.7 Å². The summed E-state index contributed by atoms with van der Waals surface area (Å²) in [6.45, 7) is 5.59. The first kappa shape index (κ1) is 26.2. The lowest BCUT2D eigenvalue weighted by Crippen LogP contribution is -2.40. The van der Waals surface area contributed by atoms with Crippen LogP contribution in [0.5, 0.6) is 0 Å². The number of carbonyl (C=O) groups excluding carboxylic acids is 1. The molecule has 31 heavy (non-hydrogen) atoms. The summed E-state index contributed by atoms with van der Waals surface area (Å²) < 4.78 is 6.13. The van der Waals surface area contributed by atoms with Gasteiger partial charge >= 0.3 is 0 Å². The predicted octanol–water partition coefficient (Wildman–Crippen LogP) is 6.42. The Bertz CT molecular complexity index is 614. The van der Waals surface area contributed by atoms with E-state index < -0.39 is 0 Å². The fraction of sp³-hybridized carbons (Fsp3) is 0.731. The summed E-state index contributed by atoms with van der Waals surface area (Å²) in [5.41, 5.74) is 0.706. The van der Waals surface area contributed by atoms with Crippen LogP contribution in [0.4, 0.5) is 0 Å². The molecule has 0 saturated heterocycles. The number of hydrogen-bond acceptors (Lipinski definition) is 3. The second-order valence-corrected chi connectivity index (χ2v) is 9.59. The fourth-order valence-corrected chi connectivity index (χ4v) is 4.52. The van der Waals surface area contributed by atoms with Gasteiger partial charge in [0.25, 0.3) is 5.91 Å². The van der Waals surface area contributed by atoms with Crippen molar-refractivity contribution in [3.8, 4) is 0 Å². The van der Waals surface area contributed by atoms with Gasteiger partial charge in [-0.25, -0.2) is 0 Å². The Balaban J connectivity index is 1.52. The summed E-state index contributed by atoms with van der Waals surface area (Å²) in [7, 11) is 4.17. The van der Waals surface area contributed by atoms with Crippen molar-refractivity contribution in [2.24, 2.45) is 0 Å². The van der Waals surface area contributed by atoms with Gasteiger partial charge in [-0.3, -0.25) is 4.79 Å². The summed E-state index contributed by atoms with van der Waals surface area (Å²) in [4.78, 5) is 17.1. The molecule has 2 rings (SSSR count). The molecule has 1 aromatic carbocycles. The Morgan fingerprint density at radius 2 is 1.55 bits per heavy atom. The Kier molecular flexibility index (Phi) is 12.5. The Hall–Kier alpha value is -1.10. The zero-order valence-corrected chi connectivity index (χ0v) is 20.7. The number of hydrogen-bond donors (Lipinski definition) is 0. The van der Waals surface area contributed by atoms with Crippen molar-refractivity contribution in [2.45, 2.75) is 89.7 Å². The highest BCUT2D eigenvalue weighted by Gasteiger charge is 2.27. The van der Waals surface area contributed by atoms with Gasteiger partial charge in [-0.05, 0) is 89.3 Å². The molecule has 0 atom stereocenters. The third-order valence-electron chi connectivity index (χ3n) is 6.53. The molecule has 1 aliphatic rings. The molecule has 5 heteroatoms. The van der Waals surface area contributed by atoms with Gasteiger partial charge in [0.1, 0.15) is 0 Å². The van der Waals surface area contributed by atoms with E-state index in [0.717, 1.165) is 38.7 Å². The molecule has 1 amide bonds. The summed E-state index contributed by atoms with van der Waals surface area (Å²) in [6.07, 6.45) is 13.5. The van der Waals surface area contributed by atoms with Crippen LogP contribution < -0.4 is 0 Å². The molecule has 1 aliphatic carbocycles. The van der Waals surface area contributed by atoms with E-state index >= 15 is 0 Å². The normalized spacial score (nSPS) is 19.0. The molecule has 0 unspecified atom stereocenters. The van der Waals surface area contributed by atoms with Crippen molar-refractivity contribution in [3.05, 3.63) is 34.9 Å². The zero-order chi connectivity index (χ0) is 22.5. The van der Waals surface area contributed by atoms with Crippen molar-refractivity contribution < 1.29 is 9.53 Å². The van der Waals surface area contributed by atoms with Gasteiger partial charge in [0.05, 0.1) is 6.10 Å². The molecule has 1 saturated carbocycles. The largest absolute Gasteiger partial charge is 0.378 e. The van der Waals surface area contributed by atoms with Crippen LogP contribution in [-0.2, 0) is 4.74 Å². The van der Waals surface area contributed by atoms with Crippen molar-refractivity contribution in [1.82, 2.24) is 9.80 Å². The van der Waals surface area contributed by atoms with Crippen molar-refractivity contribution in [3.63, 3.8) is 0 Å². The maximum Gasteiger partial charge on any atom is 0.253 e. The lowest BCUT2D eigenvalue weighted by molar-refractivity contribution is 0.00907. The number of ether oxygens (including phenoxy) is 1. The van der Waals surface area contributed by atoms with Crippen molar-refractivity contribution in [1.29, 1.82) is 0 Å². The van der Waals surface area contributed by atoms with E-state index in [9.17, 15) is 4.79 Å². The number of halogens is 1. The summed E-state index contributed by atoms with van der Waals surface area (Å²) in [5.74, 6) is 0.0806. The SMILES string of the molecule is CCCCCN(C)CCCCCCO[C@H]1CC[C@H](N(C)C(=O)c2ccc(Cl)cc2)CC1. The number of unbranched alkanes of at least 4 members (excludes halogenated alkanes) is 5. The lowest BCUT2D eigenvalue weighted by atomic mass is 9.91. The average molecular weight is 451 g/mol. The second-order valence-electron chi connectivity index (χ2n) is 9.15. The number of rotatable bonds is 14. The van der Waals surface area contributed by atoms with Crippen LogP contribution in [0.3, 0.4) is 0 Å². The predicted molar refractivity (Wildman–Crippen MR) is 131 cm³/mol. The minimum atomic E-state index is 0.0806. The molecular formula is C26H43ClN2O2. The molecule has 0 N–H and O–H groups in total. The third kappa shape index (κ3) is 9.93. The van der Waals surface area contributed by atoms with Crippen molar-refractivity contribution in [2.75, 3.05) is 33.8 Å². The second kappa shape index (κ2) is 14.9. The number of nitrogens with zero attached hydrogens (tertiary/aromatic N) is 2. The van der Waals surface area contributed by atoms with Crippen LogP contribution in [0.25, 0.3) is 0 Å². The molecule has 1 aromatic rings. The summed E-state index contributed by atoms with van der Waals surface area (Å²) >= 11 is 5.93. The topological polar surface area (TPSA) is 32.8 Å². The first-order valence-corrected chi connectivity index (χ1v) is 12.7. The molecule has 0 radical (unpaired) electrons. The van der Waals surface area contributed by atoms with Gasteiger partial charge < -0.3 is 14.5 Å². The number of benzene rings is 1. The maximum absolute atomic E-state index is 12.7. The third-order valence-corrected chi connectivity index (χ3v) is 6.79. The number of carbonyl (C=O) groups is 1. The highest BCUT2D eigenvalue weighted by molar-refractivity contribution is 6.30. The van der Waals surface area contributed by atoms with Gasteiger partial charge in [-0.1, -0.05) is 44.2 Å². The molecule has 0 aliphatic heterocycles. The highest BCUT2D eigenvalue weighted by atomic mass is 35.5. The molecule has 176 valence electrons. The maximum atomic E-state index is 12.7. The van der Waals surface area contributed by atoms with E-state index in [1.807, 2.05) is 11.9 Å². The molecule has 0 spiro atoms. The van der Waals surface area contributed by atoms with Crippen LogP contribution in [0.2, 0.25) is 5.02 Å². The van der Waals surface area contributed by atoms with Crippen LogP contribution in [-0.4, -0.2) is 61.6 Å². The van der Waals surface area contributed by atoms with Crippen LogP contribution in [0.15, 0.2) is 24.3 Å². The number of amides is 1. The summed E-state index contributed by atoms with van der Waals surface area (Å²) in [5, 5.41) is 0.659. The van der Waals surface area contributed by atoms with E-state index in [4.69, 9.17) is 16.3 Å². The average Bonchev–Trinajstić information content (AvgIpc) is 2.78. The van der Waals surface area contributed by atoms with Gasteiger partial charge in [0.2, 0.25) is 0 Å². The fourth-order valence-electron chi connectivity index (χ4n) is 4.39. The van der Waals surface area contributed by atoms with Crippen molar-refractivity contribution >= 4 is 17.5 Å². The smallest absolute Gasteiger partial charge is 0.253 e. The molecule has 0 aromatic heterocycles. The highest BCUT2D eigenvalue weighted by Crippen LogP contribution is 2.26. The van der Waals surface area contributed by atoms with Gasteiger partial charge in [0.15, 0.2) is 0 Å². The molecular weight excluding hydrogens is 408 g/mol. The monoisotopic (exact) mass is 450 g/mol. The molecule has 1 fully saturated rings. The van der Waals surface area contributed by atoms with Gasteiger partial charge in [-0.2, -0.15) is 0 Å².